The van der Waals surface area contributed by atoms with E-state index in [-0.39, 0.29) is 11.8 Å². The number of hydrogen-bond acceptors (Lipinski definition) is 5. The zero-order chi connectivity index (χ0) is 16.9. The van der Waals surface area contributed by atoms with Gasteiger partial charge in [-0.15, -0.1) is 0 Å². The average Bonchev–Trinajstić information content (AvgIpc) is 3.04. The van der Waals surface area contributed by atoms with Gasteiger partial charge in [0.15, 0.2) is 6.29 Å². The normalized spacial score (nSPS) is 19.6. The lowest BCUT2D eigenvalue weighted by Crippen LogP contribution is -2.42. The molecule has 4 N–H and O–H groups in total. The second kappa shape index (κ2) is 4.95. The van der Waals surface area contributed by atoms with Crippen LogP contribution in [0.1, 0.15) is 29.8 Å². The van der Waals surface area contributed by atoms with Crippen molar-refractivity contribution in [3.63, 3.8) is 0 Å². The van der Waals surface area contributed by atoms with Crippen molar-refractivity contribution in [3.8, 4) is 0 Å². The summed E-state index contributed by atoms with van der Waals surface area (Å²) < 4.78 is 0. The Hall–Kier alpha value is -3.09. The van der Waals surface area contributed by atoms with Crippen molar-refractivity contribution in [1.82, 2.24) is 10.3 Å². The molecule has 24 heavy (non-hydrogen) atoms. The smallest absolute Gasteiger partial charge is 0.254 e. The highest BCUT2D eigenvalue weighted by Crippen LogP contribution is 2.43. The van der Waals surface area contributed by atoms with Crippen LogP contribution in [0.2, 0.25) is 0 Å². The van der Waals surface area contributed by atoms with E-state index in [9.17, 15) is 9.59 Å². The van der Waals surface area contributed by atoms with Gasteiger partial charge in [-0.05, 0) is 43.7 Å². The second-order valence-corrected chi connectivity index (χ2v) is 6.45. The van der Waals surface area contributed by atoms with Gasteiger partial charge in [0.2, 0.25) is 5.91 Å². The van der Waals surface area contributed by atoms with E-state index in [4.69, 9.17) is 0 Å². The third-order valence-electron chi connectivity index (χ3n) is 4.46. The number of aromatic nitrogens is 1. The molecule has 7 nitrogen and oxygen atoms in total. The molecule has 0 fully saturated rings. The average molecular weight is 323 g/mol. The summed E-state index contributed by atoms with van der Waals surface area (Å²) in [4.78, 5) is 28.2. The fourth-order valence-corrected chi connectivity index (χ4v) is 3.00. The van der Waals surface area contributed by atoms with E-state index < -0.39 is 11.7 Å². The molecule has 3 heterocycles. The minimum Gasteiger partial charge on any atom is -0.347 e. The predicted octanol–water partition coefficient (Wildman–Crippen LogP) is 1.86. The maximum Gasteiger partial charge on any atom is 0.254 e. The SMILES string of the molecule is CC1(C)C(=O)Nc2cc3c(cc21)NC(NC(=O)c1ccncc1)N3. The van der Waals surface area contributed by atoms with Crippen molar-refractivity contribution >= 4 is 28.9 Å². The Morgan fingerprint density at radius 3 is 2.50 bits per heavy atom. The highest BCUT2D eigenvalue weighted by molar-refractivity contribution is 6.07. The third-order valence-corrected chi connectivity index (χ3v) is 4.46. The van der Waals surface area contributed by atoms with Gasteiger partial charge in [-0.3, -0.25) is 14.6 Å². The number of carbonyl (C=O) groups is 2. The molecule has 1 aromatic heterocycles. The van der Waals surface area contributed by atoms with Gasteiger partial charge in [-0.25, -0.2) is 0 Å². The summed E-state index contributed by atoms with van der Waals surface area (Å²) in [6.07, 6.45) is 2.74. The number of nitrogens with zero attached hydrogens (tertiary/aromatic N) is 1. The Balaban J connectivity index is 1.54. The van der Waals surface area contributed by atoms with Crippen LogP contribution in [0.5, 0.6) is 0 Å². The lowest BCUT2D eigenvalue weighted by molar-refractivity contribution is -0.119. The van der Waals surface area contributed by atoms with Crippen molar-refractivity contribution in [1.29, 1.82) is 0 Å². The highest BCUT2D eigenvalue weighted by atomic mass is 16.2. The summed E-state index contributed by atoms with van der Waals surface area (Å²) in [5.41, 5.74) is 3.43. The number of amides is 2. The molecule has 0 spiro atoms. The summed E-state index contributed by atoms with van der Waals surface area (Å²) in [5.74, 6) is -0.208. The lowest BCUT2D eigenvalue weighted by atomic mass is 9.86. The molecule has 1 aromatic carbocycles. The summed E-state index contributed by atoms with van der Waals surface area (Å²) in [6.45, 7) is 3.79. The van der Waals surface area contributed by atoms with Gasteiger partial charge in [0, 0.05) is 23.6 Å². The van der Waals surface area contributed by atoms with Crippen molar-refractivity contribution in [3.05, 3.63) is 47.8 Å². The molecule has 2 aliphatic rings. The maximum atomic E-state index is 12.2. The van der Waals surface area contributed by atoms with E-state index in [1.165, 1.54) is 0 Å². The van der Waals surface area contributed by atoms with Crippen molar-refractivity contribution in [2.24, 2.45) is 0 Å². The molecule has 2 aromatic rings. The van der Waals surface area contributed by atoms with Gasteiger partial charge < -0.3 is 21.3 Å². The van der Waals surface area contributed by atoms with Crippen LogP contribution in [0.3, 0.4) is 0 Å². The van der Waals surface area contributed by atoms with Crippen LogP contribution >= 0.6 is 0 Å². The fourth-order valence-electron chi connectivity index (χ4n) is 3.00. The molecule has 0 aliphatic carbocycles. The van der Waals surface area contributed by atoms with Gasteiger partial charge in [-0.1, -0.05) is 0 Å². The van der Waals surface area contributed by atoms with Crippen LogP contribution in [0, 0.1) is 0 Å². The Morgan fingerprint density at radius 2 is 1.79 bits per heavy atom. The summed E-state index contributed by atoms with van der Waals surface area (Å²) in [5, 5.41) is 12.2. The number of benzene rings is 1. The number of pyridine rings is 1. The Kier molecular flexibility index (Phi) is 2.99. The van der Waals surface area contributed by atoms with Gasteiger partial charge in [0.05, 0.1) is 16.8 Å². The summed E-state index contributed by atoms with van der Waals surface area (Å²) in [7, 11) is 0. The van der Waals surface area contributed by atoms with Crippen LogP contribution in [0.4, 0.5) is 17.1 Å². The number of nitrogens with one attached hydrogen (secondary N) is 4. The molecular formula is C17H17N5O2. The van der Waals surface area contributed by atoms with E-state index >= 15 is 0 Å². The number of hydrogen-bond donors (Lipinski definition) is 4. The first-order chi connectivity index (χ1) is 11.4. The molecular weight excluding hydrogens is 306 g/mol. The topological polar surface area (TPSA) is 95.2 Å². The van der Waals surface area contributed by atoms with Crippen LogP contribution in [0.25, 0.3) is 0 Å². The number of fused-ring (bicyclic) bond motifs is 2. The number of carbonyl (C=O) groups excluding carboxylic acids is 2. The molecule has 0 saturated heterocycles. The molecule has 0 saturated carbocycles. The standard InChI is InChI=1S/C17H17N5O2/c1-17(2)10-7-12-13(8-11(10)19-15(17)24)21-16(20-12)22-14(23)9-3-5-18-6-4-9/h3-8,16,20-21H,1-2H3,(H,19,24)(H,22,23). The molecule has 7 heteroatoms. The third kappa shape index (κ3) is 2.17. The van der Waals surface area contributed by atoms with Crippen molar-refractivity contribution < 1.29 is 9.59 Å². The van der Waals surface area contributed by atoms with Crippen LogP contribution in [0.15, 0.2) is 36.7 Å². The van der Waals surface area contributed by atoms with Crippen LogP contribution < -0.4 is 21.3 Å². The molecule has 2 aliphatic heterocycles. The van der Waals surface area contributed by atoms with E-state index in [0.29, 0.717) is 5.56 Å². The minimum absolute atomic E-state index is 0.0105. The van der Waals surface area contributed by atoms with E-state index in [1.54, 1.807) is 24.5 Å². The first-order valence-corrected chi connectivity index (χ1v) is 7.69. The zero-order valence-corrected chi connectivity index (χ0v) is 13.3. The van der Waals surface area contributed by atoms with Crippen molar-refractivity contribution in [2.45, 2.75) is 25.6 Å². The second-order valence-electron chi connectivity index (χ2n) is 6.45. The van der Waals surface area contributed by atoms with Crippen LogP contribution in [-0.2, 0) is 10.2 Å². The van der Waals surface area contributed by atoms with Gasteiger partial charge in [0.1, 0.15) is 0 Å². The molecule has 0 radical (unpaired) electrons. The minimum atomic E-state index is -0.565. The number of anilines is 3. The first-order valence-electron chi connectivity index (χ1n) is 7.69. The maximum absolute atomic E-state index is 12.2. The molecule has 1 atom stereocenters. The molecule has 122 valence electrons. The van der Waals surface area contributed by atoms with Crippen molar-refractivity contribution in [2.75, 3.05) is 16.0 Å². The Labute approximate surface area is 138 Å². The molecule has 2 amide bonds. The largest absolute Gasteiger partial charge is 0.347 e. The monoisotopic (exact) mass is 323 g/mol. The Bertz CT molecular complexity index is 848. The number of rotatable bonds is 2. The van der Waals surface area contributed by atoms with Gasteiger partial charge >= 0.3 is 0 Å². The van der Waals surface area contributed by atoms with E-state index in [2.05, 4.69) is 26.3 Å². The fraction of sp³-hybridized carbons (Fsp3) is 0.235. The van der Waals surface area contributed by atoms with Gasteiger partial charge in [0.25, 0.3) is 5.91 Å². The quantitative estimate of drug-likeness (QED) is 0.677. The Morgan fingerprint density at radius 1 is 1.12 bits per heavy atom. The first kappa shape index (κ1) is 14.5. The summed E-state index contributed by atoms with van der Waals surface area (Å²) >= 11 is 0. The predicted molar refractivity (Wildman–Crippen MR) is 90.8 cm³/mol. The van der Waals surface area contributed by atoms with E-state index in [1.807, 2.05) is 26.0 Å². The highest BCUT2D eigenvalue weighted by Gasteiger charge is 2.39. The van der Waals surface area contributed by atoms with E-state index in [0.717, 1.165) is 22.6 Å². The molecule has 0 bridgehead atoms. The van der Waals surface area contributed by atoms with Crippen LogP contribution in [-0.4, -0.2) is 23.1 Å². The van der Waals surface area contributed by atoms with Gasteiger partial charge in [-0.2, -0.15) is 0 Å². The lowest BCUT2D eigenvalue weighted by Gasteiger charge is -2.16. The summed E-state index contributed by atoms with van der Waals surface area (Å²) in [6, 6.07) is 7.16. The zero-order valence-electron chi connectivity index (χ0n) is 13.3. The molecule has 4 rings (SSSR count). The molecule has 1 unspecified atom stereocenters.